The summed E-state index contributed by atoms with van der Waals surface area (Å²) < 4.78 is 0. The van der Waals surface area contributed by atoms with Crippen LogP contribution in [0.3, 0.4) is 0 Å². The summed E-state index contributed by atoms with van der Waals surface area (Å²) in [5, 5.41) is 3.67. The van der Waals surface area contributed by atoms with Gasteiger partial charge in [0.1, 0.15) is 0 Å². The van der Waals surface area contributed by atoms with E-state index in [9.17, 15) is 4.79 Å². The lowest BCUT2D eigenvalue weighted by Gasteiger charge is -2.05. The lowest BCUT2D eigenvalue weighted by Crippen LogP contribution is -1.98. The van der Waals surface area contributed by atoms with Gasteiger partial charge in [-0.15, -0.1) is 0 Å². The van der Waals surface area contributed by atoms with Crippen molar-refractivity contribution in [2.45, 2.75) is 20.8 Å². The monoisotopic (exact) mass is 299 g/mol. The molecule has 2 rings (SSSR count). The minimum absolute atomic E-state index is 0.0335. The predicted octanol–water partition coefficient (Wildman–Crippen LogP) is 5.07. The first kappa shape index (κ1) is 15.3. The van der Waals surface area contributed by atoms with E-state index in [1.807, 2.05) is 57.2 Å². The Hall–Kier alpha value is -2.06. The molecule has 0 radical (unpaired) electrons. The number of carbonyl (C=O) groups is 1. The van der Waals surface area contributed by atoms with Crippen molar-refractivity contribution in [1.82, 2.24) is 0 Å². The molecule has 1 N–H and O–H groups in total. The van der Waals surface area contributed by atoms with Crippen LogP contribution in [0.4, 0.5) is 5.69 Å². The van der Waals surface area contributed by atoms with Gasteiger partial charge in [-0.3, -0.25) is 4.79 Å². The number of anilines is 1. The fourth-order valence-electron chi connectivity index (χ4n) is 1.94. The molecule has 0 saturated heterocycles. The molecule has 0 fully saturated rings. The number of ketones is 1. The molecule has 2 aromatic carbocycles. The van der Waals surface area contributed by atoms with Crippen molar-refractivity contribution in [2.24, 2.45) is 0 Å². The second-order valence-electron chi connectivity index (χ2n) is 5.12. The number of hydrogen-bond acceptors (Lipinski definition) is 2. The molecule has 0 amide bonds. The fraction of sp³-hybridized carbons (Fsp3) is 0.167. The third-order valence-electron chi connectivity index (χ3n) is 3.39. The van der Waals surface area contributed by atoms with Crippen LogP contribution in [-0.4, -0.2) is 5.78 Å². The Morgan fingerprint density at radius 1 is 1.05 bits per heavy atom. The molecule has 0 spiro atoms. The van der Waals surface area contributed by atoms with E-state index in [1.54, 1.807) is 6.20 Å². The first-order valence-corrected chi connectivity index (χ1v) is 7.16. The van der Waals surface area contributed by atoms with Gasteiger partial charge in [-0.05, 0) is 55.7 Å². The van der Waals surface area contributed by atoms with Crippen molar-refractivity contribution in [2.75, 3.05) is 5.32 Å². The maximum Gasteiger partial charge on any atom is 0.187 e. The summed E-state index contributed by atoms with van der Waals surface area (Å²) in [6, 6.07) is 11.4. The van der Waals surface area contributed by atoms with Crippen LogP contribution in [0.5, 0.6) is 0 Å². The summed E-state index contributed by atoms with van der Waals surface area (Å²) >= 11 is 6.12. The molecule has 2 aromatic rings. The van der Waals surface area contributed by atoms with E-state index in [4.69, 9.17) is 11.6 Å². The Morgan fingerprint density at radius 3 is 2.48 bits per heavy atom. The Kier molecular flexibility index (Phi) is 4.81. The van der Waals surface area contributed by atoms with E-state index in [2.05, 4.69) is 5.32 Å². The normalized spacial score (nSPS) is 10.9. The van der Waals surface area contributed by atoms with Crippen LogP contribution >= 0.6 is 11.6 Å². The molecule has 21 heavy (non-hydrogen) atoms. The number of benzene rings is 2. The van der Waals surface area contributed by atoms with Crippen LogP contribution in [0.15, 0.2) is 48.7 Å². The average molecular weight is 300 g/mol. The molecule has 0 aliphatic heterocycles. The number of allylic oxidation sites excluding steroid dienone is 1. The highest BCUT2D eigenvalue weighted by atomic mass is 35.5. The van der Waals surface area contributed by atoms with Crippen LogP contribution < -0.4 is 5.32 Å². The highest BCUT2D eigenvalue weighted by molar-refractivity contribution is 6.33. The molecule has 108 valence electrons. The number of carbonyl (C=O) groups excluding carboxylic acids is 1. The van der Waals surface area contributed by atoms with Crippen molar-refractivity contribution in [1.29, 1.82) is 0 Å². The summed E-state index contributed by atoms with van der Waals surface area (Å²) in [5.41, 5.74) is 4.86. The smallest absolute Gasteiger partial charge is 0.187 e. The molecule has 2 nitrogen and oxygen atoms in total. The number of nitrogens with one attached hydrogen (secondary N) is 1. The topological polar surface area (TPSA) is 29.1 Å². The summed E-state index contributed by atoms with van der Waals surface area (Å²) in [4.78, 5) is 12.1. The summed E-state index contributed by atoms with van der Waals surface area (Å²) in [5.74, 6) is -0.0335. The maximum atomic E-state index is 12.1. The molecule has 0 aliphatic rings. The van der Waals surface area contributed by atoms with E-state index < -0.39 is 0 Å². The molecule has 0 heterocycles. The highest BCUT2D eigenvalue weighted by Gasteiger charge is 2.03. The molecule has 0 unspecified atom stereocenters. The predicted molar refractivity (Wildman–Crippen MR) is 89.2 cm³/mol. The zero-order valence-electron chi connectivity index (χ0n) is 12.4. The highest BCUT2D eigenvalue weighted by Crippen LogP contribution is 2.22. The van der Waals surface area contributed by atoms with Crippen molar-refractivity contribution in [3.8, 4) is 0 Å². The Bertz CT molecular complexity index is 704. The van der Waals surface area contributed by atoms with Crippen LogP contribution in [-0.2, 0) is 0 Å². The van der Waals surface area contributed by atoms with Crippen molar-refractivity contribution in [3.63, 3.8) is 0 Å². The largest absolute Gasteiger partial charge is 0.360 e. The third-order valence-corrected chi connectivity index (χ3v) is 3.70. The first-order chi connectivity index (χ1) is 9.97. The summed E-state index contributed by atoms with van der Waals surface area (Å²) in [6.07, 6.45) is 3.13. The van der Waals surface area contributed by atoms with Crippen LogP contribution in [0.2, 0.25) is 5.02 Å². The molecule has 0 aromatic heterocycles. The number of aryl methyl sites for hydroxylation is 3. The average Bonchev–Trinajstić information content (AvgIpc) is 2.44. The van der Waals surface area contributed by atoms with E-state index in [0.717, 1.165) is 16.8 Å². The van der Waals surface area contributed by atoms with Crippen LogP contribution in [0, 0.1) is 20.8 Å². The van der Waals surface area contributed by atoms with Gasteiger partial charge in [0.25, 0.3) is 0 Å². The number of rotatable bonds is 4. The van der Waals surface area contributed by atoms with E-state index in [0.29, 0.717) is 10.6 Å². The van der Waals surface area contributed by atoms with Crippen LogP contribution in [0.25, 0.3) is 0 Å². The van der Waals surface area contributed by atoms with E-state index in [-0.39, 0.29) is 5.78 Å². The van der Waals surface area contributed by atoms with Gasteiger partial charge in [0.15, 0.2) is 5.78 Å². The minimum Gasteiger partial charge on any atom is -0.360 e. The van der Waals surface area contributed by atoms with Crippen molar-refractivity contribution < 1.29 is 4.79 Å². The third kappa shape index (κ3) is 3.96. The quantitative estimate of drug-likeness (QED) is 0.630. The lowest BCUT2D eigenvalue weighted by atomic mass is 10.0. The molecular formula is C18H18ClNO. The molecule has 0 aliphatic carbocycles. The Labute approximate surface area is 130 Å². The molecule has 0 bridgehead atoms. The first-order valence-electron chi connectivity index (χ1n) is 6.78. The van der Waals surface area contributed by atoms with Crippen molar-refractivity contribution >= 4 is 23.1 Å². The van der Waals surface area contributed by atoms with E-state index in [1.165, 1.54) is 11.6 Å². The van der Waals surface area contributed by atoms with Gasteiger partial charge in [0.2, 0.25) is 0 Å². The van der Waals surface area contributed by atoms with Gasteiger partial charge >= 0.3 is 0 Å². The lowest BCUT2D eigenvalue weighted by molar-refractivity contribution is 0.104. The van der Waals surface area contributed by atoms with Crippen molar-refractivity contribution in [3.05, 3.63) is 76.0 Å². The van der Waals surface area contributed by atoms with Gasteiger partial charge < -0.3 is 5.32 Å². The minimum atomic E-state index is -0.0335. The second-order valence-corrected chi connectivity index (χ2v) is 5.53. The number of halogens is 1. The molecule has 0 atom stereocenters. The van der Waals surface area contributed by atoms with Gasteiger partial charge in [-0.2, -0.15) is 0 Å². The van der Waals surface area contributed by atoms with Gasteiger partial charge in [-0.25, -0.2) is 0 Å². The summed E-state index contributed by atoms with van der Waals surface area (Å²) in [7, 11) is 0. The zero-order chi connectivity index (χ0) is 15.4. The fourth-order valence-corrected chi connectivity index (χ4v) is 2.22. The van der Waals surface area contributed by atoms with E-state index >= 15 is 0 Å². The Morgan fingerprint density at radius 2 is 1.81 bits per heavy atom. The van der Waals surface area contributed by atoms with Crippen LogP contribution in [0.1, 0.15) is 27.0 Å². The molecule has 0 saturated carbocycles. The zero-order valence-corrected chi connectivity index (χ0v) is 13.2. The molecular weight excluding hydrogens is 282 g/mol. The SMILES string of the molecule is Cc1ccc(NC=CC(=O)c2ccc(C)c(C)c2)c(Cl)c1. The molecule has 3 heteroatoms. The maximum absolute atomic E-state index is 12.1. The Balaban J connectivity index is 2.06. The van der Waals surface area contributed by atoms with Gasteiger partial charge in [-0.1, -0.05) is 29.8 Å². The van der Waals surface area contributed by atoms with Gasteiger partial charge in [0.05, 0.1) is 10.7 Å². The standard InChI is InChI=1S/C18H18ClNO/c1-12-4-7-17(16(19)10-12)20-9-8-18(21)15-6-5-13(2)14(3)11-15/h4-11,20H,1-3H3. The number of hydrogen-bond donors (Lipinski definition) is 1. The van der Waals surface area contributed by atoms with Gasteiger partial charge in [0, 0.05) is 17.8 Å². The second kappa shape index (κ2) is 6.59. The summed E-state index contributed by atoms with van der Waals surface area (Å²) in [6.45, 7) is 6.01.